The van der Waals surface area contributed by atoms with Gasteiger partial charge >= 0.3 is 0 Å². The van der Waals surface area contributed by atoms with Crippen molar-refractivity contribution < 1.29 is 18.0 Å². The van der Waals surface area contributed by atoms with Gasteiger partial charge in [-0.2, -0.15) is 0 Å². The van der Waals surface area contributed by atoms with Crippen molar-refractivity contribution in [2.75, 3.05) is 25.1 Å². The Balaban J connectivity index is 2.61. The van der Waals surface area contributed by atoms with E-state index in [0.29, 0.717) is 13.1 Å². The first-order valence-corrected chi connectivity index (χ1v) is 7.10. The van der Waals surface area contributed by atoms with Crippen LogP contribution in [0.4, 0.5) is 0 Å². The Hall–Kier alpha value is -0.950. The van der Waals surface area contributed by atoms with Crippen LogP contribution in [0.3, 0.4) is 0 Å². The van der Waals surface area contributed by atoms with Gasteiger partial charge in [0.15, 0.2) is 0 Å². The number of hydrogen-bond donors (Lipinski definition) is 1. The largest absolute Gasteiger partial charge is 0.304 e. The summed E-state index contributed by atoms with van der Waals surface area (Å²) < 4.78 is 22.0. The Morgan fingerprint density at radius 3 is 2.69 bits per heavy atom. The van der Waals surface area contributed by atoms with Crippen LogP contribution < -0.4 is 5.32 Å². The number of carbonyl (C=O) groups excluding carboxylic acids is 2. The highest BCUT2D eigenvalue weighted by Gasteiger charge is 2.30. The van der Waals surface area contributed by atoms with Crippen LogP contribution in [0.5, 0.6) is 0 Å². The van der Waals surface area contributed by atoms with Crippen molar-refractivity contribution in [2.24, 2.45) is 0 Å². The molecule has 7 heteroatoms. The normalized spacial score (nSPS) is 22.2. The number of sulfone groups is 1. The number of nitrogens with zero attached hydrogens (tertiary/aromatic N) is 1. The Morgan fingerprint density at radius 2 is 2.19 bits per heavy atom. The van der Waals surface area contributed by atoms with E-state index in [1.165, 1.54) is 6.92 Å². The fraction of sp³-hybridized carbons (Fsp3) is 0.778. The van der Waals surface area contributed by atoms with E-state index in [1.54, 1.807) is 0 Å². The fourth-order valence-corrected chi connectivity index (χ4v) is 2.27. The number of hydrogen-bond acceptors (Lipinski definition) is 5. The van der Waals surface area contributed by atoms with Gasteiger partial charge in [-0.1, -0.05) is 0 Å². The molecule has 1 heterocycles. The van der Waals surface area contributed by atoms with Crippen molar-refractivity contribution in [2.45, 2.75) is 19.4 Å². The van der Waals surface area contributed by atoms with Gasteiger partial charge in [0.2, 0.25) is 11.8 Å². The molecule has 2 amide bonds. The summed E-state index contributed by atoms with van der Waals surface area (Å²) >= 11 is 0. The van der Waals surface area contributed by atoms with Gasteiger partial charge in [0.05, 0.1) is 11.8 Å². The zero-order valence-electron chi connectivity index (χ0n) is 9.39. The van der Waals surface area contributed by atoms with Crippen molar-refractivity contribution in [1.82, 2.24) is 10.2 Å². The summed E-state index contributed by atoms with van der Waals surface area (Å²) in [5.74, 6) is -0.680. The molecule has 1 rings (SSSR count). The fourth-order valence-electron chi connectivity index (χ4n) is 1.61. The minimum absolute atomic E-state index is 0.0534. The van der Waals surface area contributed by atoms with Crippen LogP contribution in [0.2, 0.25) is 0 Å². The van der Waals surface area contributed by atoms with Gasteiger partial charge < -0.3 is 5.32 Å². The first-order valence-electron chi connectivity index (χ1n) is 5.04. The lowest BCUT2D eigenvalue weighted by Crippen LogP contribution is -2.56. The topological polar surface area (TPSA) is 83.6 Å². The third kappa shape index (κ3) is 3.57. The summed E-state index contributed by atoms with van der Waals surface area (Å²) in [6.45, 7) is 2.19. The molecule has 92 valence electrons. The van der Waals surface area contributed by atoms with Gasteiger partial charge in [0.1, 0.15) is 9.84 Å². The lowest BCUT2D eigenvalue weighted by molar-refractivity contribution is -0.146. The number of piperazine rings is 1. The second-order valence-electron chi connectivity index (χ2n) is 3.93. The average molecular weight is 248 g/mol. The summed E-state index contributed by atoms with van der Waals surface area (Å²) in [5, 5.41) is 2.92. The van der Waals surface area contributed by atoms with Gasteiger partial charge in [-0.05, 0) is 6.42 Å². The quantitative estimate of drug-likeness (QED) is 0.676. The zero-order valence-corrected chi connectivity index (χ0v) is 10.2. The molecule has 0 aliphatic carbocycles. The lowest BCUT2D eigenvalue weighted by Gasteiger charge is -2.30. The minimum atomic E-state index is -3.08. The van der Waals surface area contributed by atoms with Crippen LogP contribution in [0.15, 0.2) is 0 Å². The standard InChI is InChI=1S/C9H16N2O4S/c1-7(12)11-5-4-10-8(9(11)13)3-6-16(2,14)15/h8,10H,3-6H2,1-2H3/t8-/m0/s1. The van der Waals surface area contributed by atoms with E-state index < -0.39 is 15.9 Å². The number of nitrogens with one attached hydrogen (secondary N) is 1. The molecular weight excluding hydrogens is 232 g/mol. The third-order valence-corrected chi connectivity index (χ3v) is 3.42. The SMILES string of the molecule is CC(=O)N1CCN[C@@H](CCS(C)(=O)=O)C1=O. The highest BCUT2D eigenvalue weighted by Crippen LogP contribution is 2.06. The highest BCUT2D eigenvalue weighted by atomic mass is 32.2. The van der Waals surface area contributed by atoms with E-state index in [-0.39, 0.29) is 24.0 Å². The lowest BCUT2D eigenvalue weighted by atomic mass is 10.1. The number of imide groups is 1. The second-order valence-corrected chi connectivity index (χ2v) is 6.19. The summed E-state index contributed by atoms with van der Waals surface area (Å²) in [7, 11) is -3.08. The molecule has 0 unspecified atom stereocenters. The van der Waals surface area contributed by atoms with Gasteiger partial charge in [0, 0.05) is 26.3 Å². The number of amides is 2. The van der Waals surface area contributed by atoms with Crippen LogP contribution in [0.25, 0.3) is 0 Å². The van der Waals surface area contributed by atoms with Crippen LogP contribution in [-0.4, -0.2) is 56.3 Å². The smallest absolute Gasteiger partial charge is 0.246 e. The number of rotatable bonds is 3. The maximum absolute atomic E-state index is 11.7. The molecule has 0 saturated carbocycles. The molecule has 16 heavy (non-hydrogen) atoms. The molecule has 0 aromatic rings. The van der Waals surface area contributed by atoms with Gasteiger partial charge in [-0.3, -0.25) is 14.5 Å². The van der Waals surface area contributed by atoms with Gasteiger partial charge in [-0.25, -0.2) is 8.42 Å². The van der Waals surface area contributed by atoms with E-state index in [2.05, 4.69) is 5.32 Å². The molecule has 1 aliphatic rings. The predicted octanol–water partition coefficient (Wildman–Crippen LogP) is -1.23. The van der Waals surface area contributed by atoms with Crippen LogP contribution in [-0.2, 0) is 19.4 Å². The van der Waals surface area contributed by atoms with E-state index >= 15 is 0 Å². The molecule has 0 radical (unpaired) electrons. The molecule has 1 aliphatic heterocycles. The maximum Gasteiger partial charge on any atom is 0.246 e. The molecule has 0 aromatic carbocycles. The van der Waals surface area contributed by atoms with Crippen LogP contribution >= 0.6 is 0 Å². The van der Waals surface area contributed by atoms with Gasteiger partial charge in [-0.15, -0.1) is 0 Å². The van der Waals surface area contributed by atoms with E-state index in [1.807, 2.05) is 0 Å². The molecule has 1 N–H and O–H groups in total. The second kappa shape index (κ2) is 4.92. The Kier molecular flexibility index (Phi) is 4.03. The van der Waals surface area contributed by atoms with Gasteiger partial charge in [0.25, 0.3) is 0 Å². The zero-order chi connectivity index (χ0) is 12.3. The molecule has 1 saturated heterocycles. The van der Waals surface area contributed by atoms with E-state index in [4.69, 9.17) is 0 Å². The van der Waals surface area contributed by atoms with Crippen molar-refractivity contribution in [3.05, 3.63) is 0 Å². The minimum Gasteiger partial charge on any atom is -0.304 e. The highest BCUT2D eigenvalue weighted by molar-refractivity contribution is 7.90. The summed E-state index contributed by atoms with van der Waals surface area (Å²) in [5.41, 5.74) is 0. The molecule has 0 spiro atoms. The number of carbonyl (C=O) groups is 2. The molecule has 1 atom stereocenters. The molecule has 6 nitrogen and oxygen atoms in total. The molecule has 0 bridgehead atoms. The maximum atomic E-state index is 11.7. The van der Waals surface area contributed by atoms with Crippen molar-refractivity contribution in [3.63, 3.8) is 0 Å². The Morgan fingerprint density at radius 1 is 1.56 bits per heavy atom. The summed E-state index contributed by atoms with van der Waals surface area (Å²) in [4.78, 5) is 24.0. The van der Waals surface area contributed by atoms with Crippen molar-refractivity contribution >= 4 is 21.7 Å². The van der Waals surface area contributed by atoms with E-state index in [0.717, 1.165) is 11.2 Å². The molecule has 0 aromatic heterocycles. The average Bonchev–Trinajstić information content (AvgIpc) is 2.14. The van der Waals surface area contributed by atoms with Crippen molar-refractivity contribution in [1.29, 1.82) is 0 Å². The Bertz CT molecular complexity index is 390. The predicted molar refractivity (Wildman–Crippen MR) is 58.5 cm³/mol. The molecule has 1 fully saturated rings. The molecular formula is C9H16N2O4S. The first-order chi connectivity index (χ1) is 7.31. The Labute approximate surface area is 94.9 Å². The third-order valence-electron chi connectivity index (χ3n) is 2.45. The monoisotopic (exact) mass is 248 g/mol. The summed E-state index contributed by atoms with van der Waals surface area (Å²) in [6, 6.07) is -0.563. The van der Waals surface area contributed by atoms with Crippen molar-refractivity contribution in [3.8, 4) is 0 Å². The van der Waals surface area contributed by atoms with E-state index in [9.17, 15) is 18.0 Å². The summed E-state index contributed by atoms with van der Waals surface area (Å²) in [6.07, 6.45) is 1.34. The first kappa shape index (κ1) is 13.1. The van der Waals surface area contributed by atoms with Crippen LogP contribution in [0.1, 0.15) is 13.3 Å². The van der Waals surface area contributed by atoms with Crippen LogP contribution in [0, 0.1) is 0 Å².